The van der Waals surface area contributed by atoms with Gasteiger partial charge < -0.3 is 15.3 Å². The molecule has 1 saturated heterocycles. The highest BCUT2D eigenvalue weighted by Gasteiger charge is 2.46. The summed E-state index contributed by atoms with van der Waals surface area (Å²) in [5.74, 6) is 0.0568. The molecule has 1 aliphatic heterocycles. The molecule has 0 aromatic carbocycles. The summed E-state index contributed by atoms with van der Waals surface area (Å²) in [6.07, 6.45) is 1.01. The number of hydrogen-bond acceptors (Lipinski definition) is 9. The molecule has 0 aliphatic carbocycles. The predicted octanol–water partition coefficient (Wildman–Crippen LogP) is 3.30. The molecule has 1 fully saturated rings. The van der Waals surface area contributed by atoms with Crippen molar-refractivity contribution in [1.82, 2.24) is 24.1 Å². The fraction of sp³-hybridized carbons (Fsp3) is 0.414. The highest BCUT2D eigenvalue weighted by Crippen LogP contribution is 2.34. The molecule has 4 rings (SSSR count). The van der Waals surface area contributed by atoms with Crippen molar-refractivity contribution in [3.05, 3.63) is 68.6 Å². The molecule has 1 amide bonds. The van der Waals surface area contributed by atoms with Crippen molar-refractivity contribution in [3.8, 4) is 11.3 Å². The predicted molar refractivity (Wildman–Crippen MR) is 159 cm³/mol. The van der Waals surface area contributed by atoms with Gasteiger partial charge in [0.05, 0.1) is 23.9 Å². The molecular weight excluding hydrogens is 581 g/mol. The maximum Gasteiger partial charge on any atom is 0.408 e. The topological polar surface area (TPSA) is 148 Å². The molecule has 0 spiro atoms. The quantitative estimate of drug-likeness (QED) is 0.349. The van der Waals surface area contributed by atoms with Crippen molar-refractivity contribution in [1.29, 1.82) is 0 Å². The zero-order chi connectivity index (χ0) is 32.2. The number of amides is 1. The third kappa shape index (κ3) is 7.45. The summed E-state index contributed by atoms with van der Waals surface area (Å²) in [7, 11) is 1.48. The SMILES string of the molecule is CC(/C=N\c1c(C)c(=O)n(CC(C)O)c(=O)n1C)=C/CC(=O)Nc1cccc(-c2cnc(N3CCC[C@H]3C(F)(F)F)nc2)n1. The van der Waals surface area contributed by atoms with Crippen LogP contribution >= 0.6 is 0 Å². The summed E-state index contributed by atoms with van der Waals surface area (Å²) in [4.78, 5) is 55.9. The van der Waals surface area contributed by atoms with Gasteiger partial charge in [0, 0.05) is 44.2 Å². The van der Waals surface area contributed by atoms with E-state index in [1.54, 1.807) is 31.2 Å². The van der Waals surface area contributed by atoms with Crippen LogP contribution < -0.4 is 21.5 Å². The van der Waals surface area contributed by atoms with Gasteiger partial charge in [-0.05, 0) is 51.3 Å². The van der Waals surface area contributed by atoms with Crippen LogP contribution in [0.1, 0.15) is 38.7 Å². The molecule has 3 aromatic rings. The zero-order valence-corrected chi connectivity index (χ0v) is 24.7. The minimum atomic E-state index is -4.36. The molecular formula is C29H33F3N8O4. The number of carbonyl (C=O) groups is 1. The number of aliphatic hydroxyl groups excluding tert-OH is 1. The maximum atomic E-state index is 13.3. The van der Waals surface area contributed by atoms with Gasteiger partial charge in [0.2, 0.25) is 11.9 Å². The van der Waals surface area contributed by atoms with Crippen molar-refractivity contribution in [2.24, 2.45) is 12.0 Å². The lowest BCUT2D eigenvalue weighted by molar-refractivity contribution is -0.146. The van der Waals surface area contributed by atoms with Crippen LogP contribution in [0.3, 0.4) is 0 Å². The number of rotatable bonds is 9. The van der Waals surface area contributed by atoms with Crippen LogP contribution in [-0.2, 0) is 18.4 Å². The molecule has 12 nitrogen and oxygen atoms in total. The molecule has 234 valence electrons. The lowest BCUT2D eigenvalue weighted by Gasteiger charge is -2.26. The highest BCUT2D eigenvalue weighted by atomic mass is 19.4. The Morgan fingerprint density at radius 3 is 2.61 bits per heavy atom. The fourth-order valence-electron chi connectivity index (χ4n) is 4.79. The smallest absolute Gasteiger partial charge is 0.392 e. The number of aliphatic imine (C=N–C) groups is 1. The normalized spacial score (nSPS) is 16.5. The van der Waals surface area contributed by atoms with Crippen molar-refractivity contribution in [3.63, 3.8) is 0 Å². The van der Waals surface area contributed by atoms with Crippen LogP contribution in [0.2, 0.25) is 0 Å². The van der Waals surface area contributed by atoms with E-state index in [-0.39, 0.29) is 55.0 Å². The van der Waals surface area contributed by atoms with Crippen LogP contribution in [0.5, 0.6) is 0 Å². The molecule has 1 aliphatic rings. The molecule has 2 N–H and O–H groups in total. The summed E-state index contributed by atoms with van der Waals surface area (Å²) in [5.41, 5.74) is 0.600. The summed E-state index contributed by atoms with van der Waals surface area (Å²) in [5, 5.41) is 12.3. The van der Waals surface area contributed by atoms with Crippen LogP contribution in [0, 0.1) is 6.92 Å². The van der Waals surface area contributed by atoms with Crippen LogP contribution in [-0.4, -0.2) is 66.2 Å². The van der Waals surface area contributed by atoms with Crippen LogP contribution in [0.25, 0.3) is 11.3 Å². The van der Waals surface area contributed by atoms with Gasteiger partial charge in [-0.2, -0.15) is 13.2 Å². The number of anilines is 2. The van der Waals surface area contributed by atoms with Gasteiger partial charge in [0.25, 0.3) is 5.56 Å². The Morgan fingerprint density at radius 2 is 1.95 bits per heavy atom. The second-order valence-corrected chi connectivity index (χ2v) is 10.6. The Kier molecular flexibility index (Phi) is 9.77. The van der Waals surface area contributed by atoms with E-state index in [1.807, 2.05) is 0 Å². The molecule has 15 heteroatoms. The van der Waals surface area contributed by atoms with Gasteiger partial charge in [-0.3, -0.25) is 18.7 Å². The minimum Gasteiger partial charge on any atom is -0.392 e. The van der Waals surface area contributed by atoms with Crippen molar-refractivity contribution in [2.75, 3.05) is 16.8 Å². The first-order valence-electron chi connectivity index (χ1n) is 13.9. The van der Waals surface area contributed by atoms with E-state index >= 15 is 0 Å². The monoisotopic (exact) mass is 614 g/mol. The maximum absolute atomic E-state index is 13.3. The molecule has 44 heavy (non-hydrogen) atoms. The van der Waals surface area contributed by atoms with Gasteiger partial charge >= 0.3 is 11.9 Å². The molecule has 0 bridgehead atoms. The number of allylic oxidation sites excluding steroid dienone is 1. The van der Waals surface area contributed by atoms with E-state index in [9.17, 15) is 32.7 Å². The van der Waals surface area contributed by atoms with E-state index in [0.717, 1.165) is 9.47 Å². The Balaban J connectivity index is 1.40. The lowest BCUT2D eigenvalue weighted by Crippen LogP contribution is -2.42. The van der Waals surface area contributed by atoms with Crippen molar-refractivity contribution in [2.45, 2.75) is 64.9 Å². The molecule has 1 unspecified atom stereocenters. The van der Waals surface area contributed by atoms with Gasteiger partial charge in [0.15, 0.2) is 0 Å². The number of hydrogen-bond donors (Lipinski definition) is 2. The largest absolute Gasteiger partial charge is 0.408 e. The van der Waals surface area contributed by atoms with Gasteiger partial charge in [-0.25, -0.2) is 24.7 Å². The Labute approximate surface area is 250 Å². The number of halogens is 3. The van der Waals surface area contributed by atoms with E-state index in [4.69, 9.17) is 0 Å². The first-order valence-corrected chi connectivity index (χ1v) is 13.9. The van der Waals surface area contributed by atoms with E-state index in [1.165, 1.54) is 44.1 Å². The Morgan fingerprint density at radius 1 is 1.25 bits per heavy atom. The third-order valence-electron chi connectivity index (χ3n) is 7.02. The second kappa shape index (κ2) is 13.3. The number of nitrogens with zero attached hydrogens (tertiary/aromatic N) is 7. The van der Waals surface area contributed by atoms with Gasteiger partial charge in [-0.15, -0.1) is 0 Å². The van der Waals surface area contributed by atoms with Crippen LogP contribution in [0.15, 0.2) is 56.8 Å². The van der Waals surface area contributed by atoms with Crippen molar-refractivity contribution < 1.29 is 23.1 Å². The molecule has 0 radical (unpaired) electrons. The Bertz CT molecular complexity index is 1660. The van der Waals surface area contributed by atoms with E-state index in [0.29, 0.717) is 23.3 Å². The number of carbonyl (C=O) groups excluding carboxylic acids is 1. The fourth-order valence-corrected chi connectivity index (χ4v) is 4.79. The average molecular weight is 615 g/mol. The van der Waals surface area contributed by atoms with E-state index in [2.05, 4.69) is 25.3 Å². The number of alkyl halides is 3. The number of aromatic nitrogens is 5. The standard InChI is InChI=1S/C29H33F3N8O4/c1-17(13-33-25-19(3)26(43)40(16-18(2)41)28(44)38(25)4)10-11-24(42)37-23-9-5-7-21(36-23)20-14-34-27(35-15-20)39-12-6-8-22(39)29(30,31)32/h5,7,9-10,13-15,18,22,41H,6,8,11-12,16H2,1-4H3,(H,36,37,42)/b17-10-,33-13-/t18?,22-/m0/s1. The first kappa shape index (κ1) is 32.3. The number of aliphatic hydroxyl groups is 1. The Hall–Kier alpha value is -4.66. The molecule has 3 aromatic heterocycles. The third-order valence-corrected chi connectivity index (χ3v) is 7.02. The summed E-state index contributed by atoms with van der Waals surface area (Å²) >= 11 is 0. The lowest BCUT2D eigenvalue weighted by atomic mass is 10.2. The van der Waals surface area contributed by atoms with Gasteiger partial charge in [-0.1, -0.05) is 12.1 Å². The van der Waals surface area contributed by atoms with E-state index < -0.39 is 29.6 Å². The minimum absolute atomic E-state index is 0.000957. The first-order chi connectivity index (χ1) is 20.8. The summed E-state index contributed by atoms with van der Waals surface area (Å²) in [6, 6.07) is 3.32. The zero-order valence-electron chi connectivity index (χ0n) is 24.7. The number of pyridine rings is 1. The molecule has 0 saturated carbocycles. The summed E-state index contributed by atoms with van der Waals surface area (Å²) < 4.78 is 42.1. The number of nitrogens with one attached hydrogen (secondary N) is 1. The van der Waals surface area contributed by atoms with Crippen molar-refractivity contribution >= 4 is 29.7 Å². The van der Waals surface area contributed by atoms with Gasteiger partial charge in [0.1, 0.15) is 17.7 Å². The summed E-state index contributed by atoms with van der Waals surface area (Å²) in [6.45, 7) is 4.82. The molecule has 2 atom stereocenters. The average Bonchev–Trinajstić information content (AvgIpc) is 3.49. The highest BCUT2D eigenvalue weighted by molar-refractivity contribution is 5.92. The molecule has 4 heterocycles. The van der Waals surface area contributed by atoms with Crippen LogP contribution in [0.4, 0.5) is 30.8 Å². The second-order valence-electron chi connectivity index (χ2n) is 10.6.